The second-order valence-corrected chi connectivity index (χ2v) is 5.07. The van der Waals surface area contributed by atoms with Crippen molar-refractivity contribution < 1.29 is 9.66 Å². The highest BCUT2D eigenvalue weighted by Crippen LogP contribution is 2.37. The SMILES string of the molecule is Cc1cc(Br)cc([N+](=O)[O-])c1Oc1nc[nH]c(=O)c1Cl. The highest BCUT2D eigenvalue weighted by Gasteiger charge is 2.21. The van der Waals surface area contributed by atoms with E-state index >= 15 is 0 Å². The quantitative estimate of drug-likeness (QED) is 0.669. The Morgan fingerprint density at radius 1 is 1.50 bits per heavy atom. The molecular weight excluding hydrogens is 353 g/mol. The van der Waals surface area contributed by atoms with Gasteiger partial charge >= 0.3 is 5.69 Å². The van der Waals surface area contributed by atoms with Crippen LogP contribution in [0.15, 0.2) is 27.7 Å². The first-order chi connectivity index (χ1) is 9.40. The second-order valence-electron chi connectivity index (χ2n) is 3.78. The van der Waals surface area contributed by atoms with Crippen LogP contribution in [0.5, 0.6) is 11.6 Å². The summed E-state index contributed by atoms with van der Waals surface area (Å²) >= 11 is 8.92. The Kier molecular flexibility index (Phi) is 4.05. The van der Waals surface area contributed by atoms with Crippen LogP contribution in [-0.4, -0.2) is 14.9 Å². The number of rotatable bonds is 3. The second kappa shape index (κ2) is 5.59. The summed E-state index contributed by atoms with van der Waals surface area (Å²) < 4.78 is 5.88. The van der Waals surface area contributed by atoms with Gasteiger partial charge in [0.25, 0.3) is 5.56 Å². The number of hydrogen-bond donors (Lipinski definition) is 1. The molecule has 0 saturated carbocycles. The number of nitro groups is 1. The van der Waals surface area contributed by atoms with Crippen molar-refractivity contribution in [3.05, 3.63) is 54.0 Å². The summed E-state index contributed by atoms with van der Waals surface area (Å²) in [6.07, 6.45) is 1.10. The van der Waals surface area contributed by atoms with E-state index in [1.165, 1.54) is 6.07 Å². The number of ether oxygens (including phenoxy) is 1. The van der Waals surface area contributed by atoms with Crippen molar-refractivity contribution in [1.29, 1.82) is 0 Å². The number of aromatic amines is 1. The van der Waals surface area contributed by atoms with Gasteiger partial charge in [0, 0.05) is 16.1 Å². The van der Waals surface area contributed by atoms with Gasteiger partial charge in [-0.1, -0.05) is 27.5 Å². The van der Waals surface area contributed by atoms with Crippen LogP contribution in [0, 0.1) is 17.0 Å². The molecule has 0 aliphatic carbocycles. The smallest absolute Gasteiger partial charge is 0.313 e. The molecule has 1 N–H and O–H groups in total. The van der Waals surface area contributed by atoms with Crippen molar-refractivity contribution in [2.75, 3.05) is 0 Å². The predicted molar refractivity (Wildman–Crippen MR) is 75.5 cm³/mol. The standard InChI is InChI=1S/C11H7BrClN3O4/c1-5-2-6(12)3-7(16(18)19)9(5)20-11-8(13)10(17)14-4-15-11/h2-4H,1H3,(H,14,15,17). The van der Waals surface area contributed by atoms with E-state index in [2.05, 4.69) is 25.9 Å². The highest BCUT2D eigenvalue weighted by molar-refractivity contribution is 9.10. The summed E-state index contributed by atoms with van der Waals surface area (Å²) in [6, 6.07) is 2.94. The van der Waals surface area contributed by atoms with E-state index < -0.39 is 10.5 Å². The normalized spacial score (nSPS) is 10.3. The van der Waals surface area contributed by atoms with Gasteiger partial charge in [0.1, 0.15) is 0 Å². The summed E-state index contributed by atoms with van der Waals surface area (Å²) in [5, 5.41) is 10.8. The van der Waals surface area contributed by atoms with E-state index in [9.17, 15) is 14.9 Å². The maximum Gasteiger partial charge on any atom is 0.313 e. The van der Waals surface area contributed by atoms with Gasteiger partial charge in [0.05, 0.1) is 11.3 Å². The van der Waals surface area contributed by atoms with Gasteiger partial charge in [-0.3, -0.25) is 14.9 Å². The van der Waals surface area contributed by atoms with Crippen molar-refractivity contribution in [3.8, 4) is 11.6 Å². The minimum atomic E-state index is -0.589. The lowest BCUT2D eigenvalue weighted by molar-refractivity contribution is -0.385. The van der Waals surface area contributed by atoms with Crippen molar-refractivity contribution in [2.24, 2.45) is 0 Å². The van der Waals surface area contributed by atoms with Crippen molar-refractivity contribution in [3.63, 3.8) is 0 Å². The van der Waals surface area contributed by atoms with Gasteiger partial charge in [-0.15, -0.1) is 0 Å². The Bertz CT molecular complexity index is 747. The minimum Gasteiger partial charge on any atom is -0.430 e. The van der Waals surface area contributed by atoms with Gasteiger partial charge in [0.2, 0.25) is 11.6 Å². The lowest BCUT2D eigenvalue weighted by Crippen LogP contribution is -2.08. The fraction of sp³-hybridized carbons (Fsp3) is 0.0909. The molecule has 0 atom stereocenters. The molecule has 20 heavy (non-hydrogen) atoms. The Morgan fingerprint density at radius 3 is 2.85 bits per heavy atom. The predicted octanol–water partition coefficient (Wildman–Crippen LogP) is 3.19. The largest absolute Gasteiger partial charge is 0.430 e. The molecule has 0 fully saturated rings. The third-order valence-electron chi connectivity index (χ3n) is 2.38. The summed E-state index contributed by atoms with van der Waals surface area (Å²) in [6.45, 7) is 1.63. The van der Waals surface area contributed by atoms with Crippen LogP contribution in [0.4, 0.5) is 5.69 Å². The number of halogens is 2. The van der Waals surface area contributed by atoms with Crippen LogP contribution in [-0.2, 0) is 0 Å². The van der Waals surface area contributed by atoms with E-state index in [-0.39, 0.29) is 22.3 Å². The fourth-order valence-corrected chi connectivity index (χ4v) is 2.22. The molecule has 1 heterocycles. The average molecular weight is 361 g/mol. The maximum atomic E-state index is 11.3. The first kappa shape index (κ1) is 14.5. The number of benzene rings is 1. The Morgan fingerprint density at radius 2 is 2.20 bits per heavy atom. The molecule has 0 bridgehead atoms. The van der Waals surface area contributed by atoms with Crippen LogP contribution < -0.4 is 10.3 Å². The molecule has 0 saturated heterocycles. The van der Waals surface area contributed by atoms with E-state index in [4.69, 9.17) is 16.3 Å². The number of aromatic nitrogens is 2. The molecule has 2 rings (SSSR count). The van der Waals surface area contributed by atoms with E-state index in [0.717, 1.165) is 6.33 Å². The third kappa shape index (κ3) is 2.81. The van der Waals surface area contributed by atoms with Crippen molar-refractivity contribution in [1.82, 2.24) is 9.97 Å². The molecule has 0 aliphatic rings. The highest BCUT2D eigenvalue weighted by atomic mass is 79.9. The van der Waals surface area contributed by atoms with E-state index in [1.807, 2.05) is 0 Å². The number of aryl methyl sites for hydroxylation is 1. The molecule has 9 heteroatoms. The molecule has 0 radical (unpaired) electrons. The number of nitro benzene ring substituents is 1. The zero-order chi connectivity index (χ0) is 14.9. The first-order valence-electron chi connectivity index (χ1n) is 5.25. The Balaban J connectivity index is 2.56. The number of H-pyrrole nitrogens is 1. The molecule has 0 unspecified atom stereocenters. The fourth-order valence-electron chi connectivity index (χ4n) is 1.52. The van der Waals surface area contributed by atoms with Crippen molar-refractivity contribution in [2.45, 2.75) is 6.92 Å². The summed E-state index contributed by atoms with van der Waals surface area (Å²) in [5.41, 5.74) is -0.340. The van der Waals surface area contributed by atoms with E-state index in [0.29, 0.717) is 10.0 Å². The van der Waals surface area contributed by atoms with Gasteiger partial charge in [-0.2, -0.15) is 0 Å². The van der Waals surface area contributed by atoms with Crippen LogP contribution in [0.1, 0.15) is 5.56 Å². The third-order valence-corrected chi connectivity index (χ3v) is 3.17. The molecule has 104 valence electrons. The van der Waals surface area contributed by atoms with Gasteiger partial charge < -0.3 is 9.72 Å². The van der Waals surface area contributed by atoms with Crippen molar-refractivity contribution >= 4 is 33.2 Å². The lowest BCUT2D eigenvalue weighted by atomic mass is 10.2. The lowest BCUT2D eigenvalue weighted by Gasteiger charge is -2.09. The average Bonchev–Trinajstić information content (AvgIpc) is 2.37. The topological polar surface area (TPSA) is 98.1 Å². The molecule has 0 aliphatic heterocycles. The van der Waals surface area contributed by atoms with Gasteiger partial charge in [-0.05, 0) is 13.0 Å². The van der Waals surface area contributed by atoms with Crippen LogP contribution >= 0.6 is 27.5 Å². The summed E-state index contributed by atoms with van der Waals surface area (Å²) in [7, 11) is 0. The maximum absolute atomic E-state index is 11.3. The monoisotopic (exact) mass is 359 g/mol. The number of hydrogen-bond acceptors (Lipinski definition) is 5. The molecular formula is C11H7BrClN3O4. The summed E-state index contributed by atoms with van der Waals surface area (Å²) in [4.78, 5) is 27.8. The van der Waals surface area contributed by atoms with Crippen LogP contribution in [0.2, 0.25) is 5.02 Å². The van der Waals surface area contributed by atoms with Gasteiger partial charge in [0.15, 0.2) is 5.02 Å². The molecule has 7 nitrogen and oxygen atoms in total. The molecule has 0 spiro atoms. The first-order valence-corrected chi connectivity index (χ1v) is 6.43. The molecule has 1 aromatic carbocycles. The van der Waals surface area contributed by atoms with Crippen LogP contribution in [0.25, 0.3) is 0 Å². The van der Waals surface area contributed by atoms with Crippen LogP contribution in [0.3, 0.4) is 0 Å². The molecule has 1 aromatic heterocycles. The minimum absolute atomic E-state index is 0.0156. The Labute approximate surface area is 125 Å². The zero-order valence-electron chi connectivity index (χ0n) is 10.0. The van der Waals surface area contributed by atoms with E-state index in [1.54, 1.807) is 13.0 Å². The summed E-state index contributed by atoms with van der Waals surface area (Å²) in [5.74, 6) is -0.206. The molecule has 2 aromatic rings. The molecule has 0 amide bonds. The number of nitrogens with zero attached hydrogens (tertiary/aromatic N) is 2. The van der Waals surface area contributed by atoms with Gasteiger partial charge in [-0.25, -0.2) is 4.98 Å². The zero-order valence-corrected chi connectivity index (χ0v) is 12.4. The Hall–Kier alpha value is -1.93. The number of nitrogens with one attached hydrogen (secondary N) is 1.